The summed E-state index contributed by atoms with van der Waals surface area (Å²) in [6.45, 7) is 1.67. The van der Waals surface area contributed by atoms with Crippen LogP contribution < -0.4 is 15.1 Å². The number of nitrogens with one attached hydrogen (secondary N) is 1. The number of rotatable bonds is 3. The van der Waals surface area contributed by atoms with Crippen molar-refractivity contribution in [3.8, 4) is 6.07 Å². The lowest BCUT2D eigenvalue weighted by atomic mass is 9.75. The maximum atomic E-state index is 14.6. The molecule has 0 radical (unpaired) electrons. The monoisotopic (exact) mass is 407 g/mol. The van der Waals surface area contributed by atoms with Gasteiger partial charge in [0.05, 0.1) is 17.4 Å². The lowest BCUT2D eigenvalue weighted by Gasteiger charge is -2.42. The van der Waals surface area contributed by atoms with E-state index in [0.29, 0.717) is 18.4 Å². The van der Waals surface area contributed by atoms with Crippen LogP contribution >= 0.6 is 0 Å². The fourth-order valence-electron chi connectivity index (χ4n) is 3.97. The van der Waals surface area contributed by atoms with E-state index in [2.05, 4.69) is 10.3 Å². The molecule has 0 bridgehead atoms. The highest BCUT2D eigenvalue weighted by Crippen LogP contribution is 2.47. The number of benzene rings is 1. The van der Waals surface area contributed by atoms with Crippen molar-refractivity contribution in [2.45, 2.75) is 31.7 Å². The highest BCUT2D eigenvalue weighted by molar-refractivity contribution is 6.30. The summed E-state index contributed by atoms with van der Waals surface area (Å²) in [6, 6.07) is 6.76. The smallest absolute Gasteiger partial charge is 0.336 e. The quantitative estimate of drug-likeness (QED) is 0.788. The van der Waals surface area contributed by atoms with E-state index < -0.39 is 29.2 Å². The maximum Gasteiger partial charge on any atom is 0.336 e. The third-order valence-electron chi connectivity index (χ3n) is 5.70. The second-order valence-corrected chi connectivity index (χ2v) is 7.36. The second kappa shape index (κ2) is 6.91. The summed E-state index contributed by atoms with van der Waals surface area (Å²) in [5.74, 6) is -1.77. The summed E-state index contributed by atoms with van der Waals surface area (Å²) in [7, 11) is 1.40. The van der Waals surface area contributed by atoms with Crippen LogP contribution in [0, 0.1) is 24.1 Å². The topological polar surface area (TPSA) is 106 Å². The van der Waals surface area contributed by atoms with E-state index in [1.807, 2.05) is 6.07 Å². The summed E-state index contributed by atoms with van der Waals surface area (Å²) in [5.41, 5.74) is -0.0140. The van der Waals surface area contributed by atoms with Crippen molar-refractivity contribution in [2.75, 3.05) is 16.8 Å². The Hall–Kier alpha value is -3.80. The number of nitrogens with zero attached hydrogens (tertiary/aromatic N) is 4. The van der Waals surface area contributed by atoms with Gasteiger partial charge in [0, 0.05) is 12.7 Å². The first kappa shape index (κ1) is 19.5. The predicted molar refractivity (Wildman–Crippen MR) is 105 cm³/mol. The van der Waals surface area contributed by atoms with Gasteiger partial charge >= 0.3 is 6.03 Å². The first-order valence-corrected chi connectivity index (χ1v) is 9.41. The van der Waals surface area contributed by atoms with Crippen LogP contribution in [0.2, 0.25) is 0 Å². The van der Waals surface area contributed by atoms with E-state index in [9.17, 15) is 18.8 Å². The van der Waals surface area contributed by atoms with Crippen molar-refractivity contribution in [3.63, 3.8) is 0 Å². The number of hydrogen-bond donors (Lipinski definition) is 1. The fourth-order valence-corrected chi connectivity index (χ4v) is 3.97. The van der Waals surface area contributed by atoms with Gasteiger partial charge in [0.1, 0.15) is 23.1 Å². The van der Waals surface area contributed by atoms with Gasteiger partial charge < -0.3 is 5.32 Å². The average molecular weight is 407 g/mol. The molecule has 2 aliphatic rings. The van der Waals surface area contributed by atoms with Crippen LogP contribution in [0.15, 0.2) is 30.5 Å². The lowest BCUT2D eigenvalue weighted by Crippen LogP contribution is -2.55. The molecule has 152 valence electrons. The van der Waals surface area contributed by atoms with Gasteiger partial charge in [-0.05, 0) is 56.0 Å². The van der Waals surface area contributed by atoms with E-state index in [1.54, 1.807) is 13.0 Å². The van der Waals surface area contributed by atoms with Gasteiger partial charge in [0.2, 0.25) is 0 Å². The normalized spacial score (nSPS) is 17.1. The molecular weight excluding hydrogens is 389 g/mol. The van der Waals surface area contributed by atoms with Crippen LogP contribution in [0.25, 0.3) is 0 Å². The van der Waals surface area contributed by atoms with Crippen molar-refractivity contribution in [1.29, 1.82) is 5.26 Å². The molecule has 2 aromatic rings. The number of amides is 4. The molecule has 1 aromatic carbocycles. The van der Waals surface area contributed by atoms with Crippen LogP contribution in [-0.2, 0) is 4.79 Å². The first-order valence-electron chi connectivity index (χ1n) is 9.41. The zero-order valence-electron chi connectivity index (χ0n) is 16.4. The molecule has 1 saturated carbocycles. The number of carbonyl (C=O) groups is 3. The summed E-state index contributed by atoms with van der Waals surface area (Å²) >= 11 is 0. The Balaban J connectivity index is 1.78. The van der Waals surface area contributed by atoms with E-state index in [-0.39, 0.29) is 22.6 Å². The molecule has 4 rings (SSSR count). The summed E-state index contributed by atoms with van der Waals surface area (Å²) < 4.78 is 14.6. The Morgan fingerprint density at radius 1 is 1.27 bits per heavy atom. The Morgan fingerprint density at radius 3 is 2.53 bits per heavy atom. The number of carbonyl (C=O) groups excluding carboxylic acids is 3. The zero-order chi connectivity index (χ0) is 21.6. The Bertz CT molecular complexity index is 1140. The van der Waals surface area contributed by atoms with Crippen LogP contribution in [-0.4, -0.2) is 35.4 Å². The number of nitriles is 1. The van der Waals surface area contributed by atoms with Gasteiger partial charge in [-0.25, -0.2) is 19.1 Å². The highest BCUT2D eigenvalue weighted by atomic mass is 19.1. The van der Waals surface area contributed by atoms with Crippen molar-refractivity contribution in [3.05, 3.63) is 53.1 Å². The number of halogens is 1. The van der Waals surface area contributed by atoms with Gasteiger partial charge in [-0.1, -0.05) is 0 Å². The molecule has 1 aliphatic heterocycles. The Kier molecular flexibility index (Phi) is 4.50. The van der Waals surface area contributed by atoms with Gasteiger partial charge in [-0.15, -0.1) is 0 Å². The third-order valence-corrected chi connectivity index (χ3v) is 5.70. The molecule has 2 heterocycles. The lowest BCUT2D eigenvalue weighted by molar-refractivity contribution is -0.123. The van der Waals surface area contributed by atoms with E-state index in [1.165, 1.54) is 30.3 Å². The number of anilines is 2. The zero-order valence-corrected chi connectivity index (χ0v) is 16.4. The van der Waals surface area contributed by atoms with Crippen molar-refractivity contribution in [1.82, 2.24) is 10.3 Å². The highest BCUT2D eigenvalue weighted by Gasteiger charge is 2.61. The number of pyridine rings is 1. The molecule has 1 N–H and O–H groups in total. The number of aryl methyl sites for hydroxylation is 1. The Labute approximate surface area is 171 Å². The average Bonchev–Trinajstić information content (AvgIpc) is 2.94. The van der Waals surface area contributed by atoms with Crippen molar-refractivity contribution >= 4 is 29.2 Å². The minimum absolute atomic E-state index is 0.148. The molecule has 30 heavy (non-hydrogen) atoms. The molecule has 1 aliphatic carbocycles. The third kappa shape index (κ3) is 2.64. The molecule has 0 atom stereocenters. The molecule has 1 aromatic heterocycles. The SMILES string of the molecule is CNC(=O)c1ccc(N2C(=O)N(c3cnc(C#N)c(C)c3)C(=O)C23CCC3)cc1F. The van der Waals surface area contributed by atoms with Crippen molar-refractivity contribution < 1.29 is 18.8 Å². The van der Waals surface area contributed by atoms with Crippen molar-refractivity contribution in [2.24, 2.45) is 0 Å². The van der Waals surface area contributed by atoms with E-state index in [4.69, 9.17) is 5.26 Å². The molecule has 8 nitrogen and oxygen atoms in total. The van der Waals surface area contributed by atoms with E-state index >= 15 is 0 Å². The number of urea groups is 1. The molecule has 4 amide bonds. The summed E-state index contributed by atoms with van der Waals surface area (Å²) in [6.07, 6.45) is 2.98. The second-order valence-electron chi connectivity index (χ2n) is 7.36. The van der Waals surface area contributed by atoms with Gasteiger partial charge in [-0.2, -0.15) is 5.26 Å². The molecular formula is C21H18FN5O3. The number of imide groups is 1. The van der Waals surface area contributed by atoms with Gasteiger partial charge in [0.15, 0.2) is 0 Å². The number of hydrogen-bond acceptors (Lipinski definition) is 5. The molecule has 1 spiro atoms. The first-order chi connectivity index (χ1) is 14.3. The van der Waals surface area contributed by atoms with Crippen LogP contribution in [0.5, 0.6) is 0 Å². The minimum atomic E-state index is -1.08. The van der Waals surface area contributed by atoms with Gasteiger partial charge in [0.25, 0.3) is 11.8 Å². The summed E-state index contributed by atoms with van der Waals surface area (Å²) in [4.78, 5) is 44.7. The van der Waals surface area contributed by atoms with E-state index in [0.717, 1.165) is 17.4 Å². The molecule has 1 saturated heterocycles. The molecule has 2 fully saturated rings. The summed E-state index contributed by atoms with van der Waals surface area (Å²) in [5, 5.41) is 11.4. The number of aromatic nitrogens is 1. The molecule has 0 unspecified atom stereocenters. The van der Waals surface area contributed by atoms with Crippen LogP contribution in [0.3, 0.4) is 0 Å². The maximum absolute atomic E-state index is 14.6. The van der Waals surface area contributed by atoms with Crippen LogP contribution in [0.4, 0.5) is 20.6 Å². The predicted octanol–water partition coefficient (Wildman–Crippen LogP) is 2.66. The van der Waals surface area contributed by atoms with Crippen LogP contribution in [0.1, 0.15) is 40.9 Å². The standard InChI is InChI=1S/C21H18FN5O3/c1-12-8-14(11-25-17(12)10-23)26-19(29)21(6-3-7-21)27(20(26)30)13-4-5-15(16(22)9-13)18(28)24-2/h4-5,8-9,11H,3,6-7H2,1-2H3,(H,24,28). The largest absolute Gasteiger partial charge is 0.355 e. The minimum Gasteiger partial charge on any atom is -0.355 e. The fraction of sp³-hybridized carbons (Fsp3) is 0.286. The Morgan fingerprint density at radius 2 is 2.00 bits per heavy atom. The molecule has 9 heteroatoms. The van der Waals surface area contributed by atoms with Gasteiger partial charge in [-0.3, -0.25) is 14.5 Å².